The molecule has 0 N–H and O–H groups in total. The van der Waals surface area contributed by atoms with Crippen molar-refractivity contribution in [3.8, 4) is 0 Å². The van der Waals surface area contributed by atoms with Gasteiger partial charge in [0.05, 0.1) is 11.2 Å². The predicted octanol–water partition coefficient (Wildman–Crippen LogP) is 6.10. The molecule has 5 heteroatoms. The lowest BCUT2D eigenvalue weighted by atomic mass is 9.58. The molecule has 0 amide bonds. The summed E-state index contributed by atoms with van der Waals surface area (Å²) < 4.78 is 37.1. The summed E-state index contributed by atoms with van der Waals surface area (Å²) in [5.41, 5.74) is -0.00799. The highest BCUT2D eigenvalue weighted by molar-refractivity contribution is 6.74. The van der Waals surface area contributed by atoms with Crippen LogP contribution in [0.3, 0.4) is 0 Å². The van der Waals surface area contributed by atoms with Gasteiger partial charge in [-0.1, -0.05) is 65.2 Å². The van der Waals surface area contributed by atoms with Crippen LogP contribution in [0.1, 0.15) is 71.3 Å². The van der Waals surface area contributed by atoms with E-state index < -0.39 is 11.7 Å². The summed E-state index contributed by atoms with van der Waals surface area (Å²) in [6, 6.07) is 4.95. The van der Waals surface area contributed by atoms with Crippen LogP contribution in [-0.2, 0) is 11.0 Å². The highest BCUT2D eigenvalue weighted by Crippen LogP contribution is 2.30. The standard InChI is InChI=1S/C12H13BF3O.C7H16/c1-3-11(13-8(2)17)9-4-6-10(7-5-9)12(14,15)16;1-5-7(4)6(2)3/h4-7,11H,3H2,1-2H3;6-7H,5H2,1-4H3. The van der Waals surface area contributed by atoms with Gasteiger partial charge in [-0.15, -0.1) is 0 Å². The van der Waals surface area contributed by atoms with Crippen LogP contribution in [0, 0.1) is 11.8 Å². The zero-order valence-corrected chi connectivity index (χ0v) is 15.6. The molecule has 0 bridgehead atoms. The van der Waals surface area contributed by atoms with Crippen LogP contribution >= 0.6 is 0 Å². The van der Waals surface area contributed by atoms with E-state index in [1.54, 1.807) is 0 Å². The zero-order chi connectivity index (χ0) is 18.9. The third-order valence-electron chi connectivity index (χ3n) is 4.32. The summed E-state index contributed by atoms with van der Waals surface area (Å²) in [5, 5.41) is 0. The number of carbonyl (C=O) groups is 1. The van der Waals surface area contributed by atoms with Crippen LogP contribution in [0.4, 0.5) is 13.2 Å². The van der Waals surface area contributed by atoms with E-state index in [-0.39, 0.29) is 11.5 Å². The Morgan fingerprint density at radius 1 is 1.04 bits per heavy atom. The lowest BCUT2D eigenvalue weighted by Gasteiger charge is -2.14. The molecule has 0 fully saturated rings. The molecule has 0 aliphatic rings. The van der Waals surface area contributed by atoms with E-state index in [0.717, 1.165) is 29.5 Å². The van der Waals surface area contributed by atoms with Crippen LogP contribution in [0.2, 0.25) is 0 Å². The molecule has 1 rings (SSSR count). The molecule has 1 aromatic rings. The van der Waals surface area contributed by atoms with Gasteiger partial charge in [-0.25, -0.2) is 0 Å². The second-order valence-electron chi connectivity index (χ2n) is 6.54. The Labute approximate surface area is 145 Å². The van der Waals surface area contributed by atoms with E-state index in [2.05, 4.69) is 27.7 Å². The number of hydrogen-bond acceptors (Lipinski definition) is 1. The first-order valence-electron chi connectivity index (χ1n) is 8.55. The van der Waals surface area contributed by atoms with Gasteiger partial charge in [0.2, 0.25) is 7.28 Å². The van der Waals surface area contributed by atoms with Gasteiger partial charge in [-0.05, 0) is 36.7 Å². The lowest BCUT2D eigenvalue weighted by Crippen LogP contribution is -2.15. The maximum Gasteiger partial charge on any atom is 0.416 e. The van der Waals surface area contributed by atoms with Crippen molar-refractivity contribution in [3.05, 3.63) is 35.4 Å². The van der Waals surface area contributed by atoms with Crippen LogP contribution in [0.25, 0.3) is 0 Å². The molecule has 1 aromatic carbocycles. The van der Waals surface area contributed by atoms with Crippen molar-refractivity contribution >= 4 is 13.0 Å². The Morgan fingerprint density at radius 2 is 1.54 bits per heavy atom. The summed E-state index contributed by atoms with van der Waals surface area (Å²) >= 11 is 0. The summed E-state index contributed by atoms with van der Waals surface area (Å²) in [5.74, 6) is 1.65. The Balaban J connectivity index is 0.000000640. The Kier molecular flexibility index (Phi) is 10.0. The van der Waals surface area contributed by atoms with Gasteiger partial charge >= 0.3 is 6.18 Å². The number of carbonyl (C=O) groups excluding carboxylic acids is 1. The molecule has 1 nitrogen and oxygen atoms in total. The molecule has 0 heterocycles. The normalized spacial score (nSPS) is 13.8. The van der Waals surface area contributed by atoms with Crippen molar-refractivity contribution in [2.45, 2.75) is 66.4 Å². The van der Waals surface area contributed by atoms with E-state index >= 15 is 0 Å². The molecule has 135 valence electrons. The van der Waals surface area contributed by atoms with Crippen LogP contribution in [0.15, 0.2) is 24.3 Å². The largest absolute Gasteiger partial charge is 0.416 e. The Morgan fingerprint density at radius 3 is 1.79 bits per heavy atom. The fourth-order valence-corrected chi connectivity index (χ4v) is 2.12. The maximum atomic E-state index is 12.4. The molecule has 1 radical (unpaired) electrons. The SMILES string of the molecule is CCC(C)C(C)C.CCC([B]C(C)=O)c1ccc(C(F)(F)F)cc1. The Hall–Kier alpha value is -1.26. The average molecular weight is 341 g/mol. The fraction of sp³-hybridized carbons (Fsp3) is 0.632. The highest BCUT2D eigenvalue weighted by atomic mass is 19.4. The minimum atomic E-state index is -4.31. The monoisotopic (exact) mass is 341 g/mol. The number of alkyl halides is 3. The van der Waals surface area contributed by atoms with Crippen molar-refractivity contribution < 1.29 is 18.0 Å². The molecule has 0 aliphatic heterocycles. The third kappa shape index (κ3) is 8.56. The quantitative estimate of drug-likeness (QED) is 0.572. The second kappa shape index (κ2) is 10.6. The van der Waals surface area contributed by atoms with Crippen LogP contribution in [-0.4, -0.2) is 13.0 Å². The van der Waals surface area contributed by atoms with Crippen molar-refractivity contribution in [3.63, 3.8) is 0 Å². The van der Waals surface area contributed by atoms with Gasteiger partial charge in [0, 0.05) is 0 Å². The number of rotatable bonds is 6. The first kappa shape index (κ1) is 22.7. The van der Waals surface area contributed by atoms with Gasteiger partial charge in [0.15, 0.2) is 0 Å². The predicted molar refractivity (Wildman–Crippen MR) is 95.2 cm³/mol. The molecule has 2 unspecified atom stereocenters. The van der Waals surface area contributed by atoms with Crippen LogP contribution < -0.4 is 0 Å². The second-order valence-corrected chi connectivity index (χ2v) is 6.54. The van der Waals surface area contributed by atoms with Gasteiger partial charge in [-0.2, -0.15) is 13.2 Å². The maximum absolute atomic E-state index is 12.4. The van der Waals surface area contributed by atoms with Crippen molar-refractivity contribution in [2.75, 3.05) is 0 Å². The van der Waals surface area contributed by atoms with E-state index in [4.69, 9.17) is 0 Å². The van der Waals surface area contributed by atoms with Crippen molar-refractivity contribution in [2.24, 2.45) is 11.8 Å². The molecular formula is C19H29BF3O. The smallest absolute Gasteiger partial charge is 0.312 e. The first-order valence-corrected chi connectivity index (χ1v) is 8.55. The molecule has 0 aliphatic carbocycles. The molecule has 0 saturated heterocycles. The van der Waals surface area contributed by atoms with Gasteiger partial charge in [-0.3, -0.25) is 0 Å². The van der Waals surface area contributed by atoms with Gasteiger partial charge in [0.25, 0.3) is 0 Å². The molecule has 2 atom stereocenters. The molecular weight excluding hydrogens is 312 g/mol. The molecule has 24 heavy (non-hydrogen) atoms. The first-order chi connectivity index (χ1) is 11.0. The van der Waals surface area contributed by atoms with Gasteiger partial charge in [0.1, 0.15) is 0 Å². The van der Waals surface area contributed by atoms with Crippen molar-refractivity contribution in [1.82, 2.24) is 0 Å². The topological polar surface area (TPSA) is 17.1 Å². The fourth-order valence-electron chi connectivity index (χ4n) is 2.12. The zero-order valence-electron chi connectivity index (χ0n) is 15.6. The van der Waals surface area contributed by atoms with Crippen LogP contribution in [0.5, 0.6) is 0 Å². The Bertz CT molecular complexity index is 480. The molecule has 0 saturated carbocycles. The molecule has 0 aromatic heterocycles. The number of halogens is 3. The lowest BCUT2D eigenvalue weighted by molar-refractivity contribution is -0.137. The third-order valence-corrected chi connectivity index (χ3v) is 4.32. The summed E-state index contributed by atoms with van der Waals surface area (Å²) in [6.45, 7) is 12.4. The highest BCUT2D eigenvalue weighted by Gasteiger charge is 2.30. The average Bonchev–Trinajstić information content (AvgIpc) is 2.51. The summed E-state index contributed by atoms with van der Waals surface area (Å²) in [4.78, 5) is 11.0. The van der Waals surface area contributed by atoms with E-state index in [1.807, 2.05) is 6.92 Å². The minimum Gasteiger partial charge on any atom is -0.312 e. The summed E-state index contributed by atoms with van der Waals surface area (Å²) in [6.07, 6.45) is -2.31. The minimum absolute atomic E-state index is 0.0725. The number of benzene rings is 1. The van der Waals surface area contributed by atoms with E-state index in [1.165, 1.54) is 32.8 Å². The van der Waals surface area contributed by atoms with E-state index in [9.17, 15) is 18.0 Å². The molecule has 0 spiro atoms. The summed E-state index contributed by atoms with van der Waals surface area (Å²) in [7, 11) is 1.53. The number of hydrogen-bond donors (Lipinski definition) is 0. The van der Waals surface area contributed by atoms with Crippen molar-refractivity contribution in [1.29, 1.82) is 0 Å². The van der Waals surface area contributed by atoms with Gasteiger partial charge < -0.3 is 4.79 Å². The van der Waals surface area contributed by atoms with E-state index in [0.29, 0.717) is 6.42 Å².